The molecule has 1 atom stereocenters. The Balaban J connectivity index is 1.81. The number of rotatable bonds is 2. The number of carbonyl (C=O) groups is 2. The third-order valence-electron chi connectivity index (χ3n) is 3.80. The molecule has 0 radical (unpaired) electrons. The molecule has 5 heteroatoms. The lowest BCUT2D eigenvalue weighted by Crippen LogP contribution is -2.40. The Bertz CT molecular complexity index is 729. The van der Waals surface area contributed by atoms with Crippen molar-refractivity contribution >= 4 is 38.5 Å². The summed E-state index contributed by atoms with van der Waals surface area (Å²) in [5.41, 5.74) is 0.576. The average molecular weight is 347 g/mol. The van der Waals surface area contributed by atoms with Gasteiger partial charge in [-0.3, -0.25) is 9.59 Å². The first kappa shape index (κ1) is 14.1. The molecule has 1 saturated heterocycles. The van der Waals surface area contributed by atoms with Gasteiger partial charge in [0.1, 0.15) is 6.04 Å². The normalized spacial score (nSPS) is 18.3. The van der Waals surface area contributed by atoms with Gasteiger partial charge >= 0.3 is 0 Å². The van der Waals surface area contributed by atoms with Gasteiger partial charge in [-0.2, -0.15) is 0 Å². The number of likely N-dealkylation sites (N-methyl/N-ethyl adjacent to an activating group) is 1. The van der Waals surface area contributed by atoms with Crippen LogP contribution in [0.25, 0.3) is 10.8 Å². The number of benzene rings is 2. The molecule has 0 aromatic heterocycles. The highest BCUT2D eigenvalue weighted by Crippen LogP contribution is 2.21. The van der Waals surface area contributed by atoms with Gasteiger partial charge in [0.05, 0.1) is 0 Å². The fourth-order valence-corrected chi connectivity index (χ4v) is 2.93. The molecule has 0 spiro atoms. The minimum absolute atomic E-state index is 0.0203. The van der Waals surface area contributed by atoms with Crippen molar-refractivity contribution in [1.82, 2.24) is 10.2 Å². The summed E-state index contributed by atoms with van der Waals surface area (Å²) >= 11 is 3.43. The number of nitrogens with zero attached hydrogens (tertiary/aromatic N) is 1. The largest absolute Gasteiger partial charge is 0.344 e. The number of carbonyl (C=O) groups excluding carboxylic acids is 2. The molecule has 0 aliphatic carbocycles. The molecule has 108 valence electrons. The Morgan fingerprint density at radius 1 is 1.24 bits per heavy atom. The van der Waals surface area contributed by atoms with E-state index in [1.165, 1.54) is 0 Å². The predicted octanol–water partition coefficient (Wildman–Crippen LogP) is 2.56. The number of nitrogens with one attached hydrogen (secondary N) is 1. The molecular weight excluding hydrogens is 332 g/mol. The molecule has 1 N–H and O–H groups in total. The second-order valence-electron chi connectivity index (χ2n) is 5.28. The van der Waals surface area contributed by atoms with Crippen LogP contribution in [0.2, 0.25) is 0 Å². The lowest BCUT2D eigenvalue weighted by molar-refractivity contribution is -0.128. The van der Waals surface area contributed by atoms with E-state index in [1.54, 1.807) is 18.0 Å². The van der Waals surface area contributed by atoms with Crippen LogP contribution >= 0.6 is 15.9 Å². The SMILES string of the molecule is CN1CCC(NC(=O)c2ccc3cc(Br)ccc3c2)C1=O. The molecular formula is C16H15BrN2O2. The van der Waals surface area contributed by atoms with Gasteiger partial charge in [-0.25, -0.2) is 0 Å². The molecule has 3 rings (SSSR count). The molecule has 0 bridgehead atoms. The first-order valence-electron chi connectivity index (χ1n) is 6.80. The minimum atomic E-state index is -0.400. The molecule has 21 heavy (non-hydrogen) atoms. The van der Waals surface area contributed by atoms with Crippen molar-refractivity contribution < 1.29 is 9.59 Å². The van der Waals surface area contributed by atoms with Crippen molar-refractivity contribution in [3.8, 4) is 0 Å². The first-order valence-corrected chi connectivity index (χ1v) is 7.59. The number of halogens is 1. The summed E-state index contributed by atoms with van der Waals surface area (Å²) in [5, 5.41) is 4.88. The Morgan fingerprint density at radius 2 is 1.95 bits per heavy atom. The van der Waals surface area contributed by atoms with Gasteiger partial charge in [0.15, 0.2) is 0 Å². The summed E-state index contributed by atoms with van der Waals surface area (Å²) in [5.74, 6) is -0.221. The van der Waals surface area contributed by atoms with Crippen molar-refractivity contribution in [2.75, 3.05) is 13.6 Å². The quantitative estimate of drug-likeness (QED) is 0.908. The summed E-state index contributed by atoms with van der Waals surface area (Å²) in [6.45, 7) is 0.690. The Hall–Kier alpha value is -1.88. The van der Waals surface area contributed by atoms with Crippen molar-refractivity contribution in [3.05, 3.63) is 46.4 Å². The molecule has 1 unspecified atom stereocenters. The zero-order valence-electron chi connectivity index (χ0n) is 11.6. The van der Waals surface area contributed by atoms with E-state index >= 15 is 0 Å². The molecule has 4 nitrogen and oxygen atoms in total. The maximum Gasteiger partial charge on any atom is 0.251 e. The van der Waals surface area contributed by atoms with Crippen molar-refractivity contribution in [1.29, 1.82) is 0 Å². The van der Waals surface area contributed by atoms with Crippen LogP contribution in [-0.2, 0) is 4.79 Å². The highest BCUT2D eigenvalue weighted by Gasteiger charge is 2.30. The summed E-state index contributed by atoms with van der Waals surface area (Å²) in [7, 11) is 1.75. The molecule has 2 aromatic rings. The smallest absolute Gasteiger partial charge is 0.251 e. The molecule has 1 fully saturated rings. The number of hydrogen-bond acceptors (Lipinski definition) is 2. The van der Waals surface area contributed by atoms with Crippen LogP contribution in [0.4, 0.5) is 0 Å². The predicted molar refractivity (Wildman–Crippen MR) is 85.2 cm³/mol. The van der Waals surface area contributed by atoms with Crippen molar-refractivity contribution in [2.45, 2.75) is 12.5 Å². The average Bonchev–Trinajstić information content (AvgIpc) is 2.78. The van der Waals surface area contributed by atoms with Crippen LogP contribution in [0.3, 0.4) is 0 Å². The van der Waals surface area contributed by atoms with E-state index in [0.717, 1.165) is 15.2 Å². The molecule has 0 saturated carbocycles. The van der Waals surface area contributed by atoms with E-state index in [-0.39, 0.29) is 11.8 Å². The summed E-state index contributed by atoms with van der Waals surface area (Å²) < 4.78 is 1.01. The van der Waals surface area contributed by atoms with Crippen LogP contribution in [0.1, 0.15) is 16.8 Å². The summed E-state index contributed by atoms with van der Waals surface area (Å²) in [6, 6.07) is 11.1. The molecule has 1 aliphatic heterocycles. The van der Waals surface area contributed by atoms with Gasteiger partial charge < -0.3 is 10.2 Å². The summed E-state index contributed by atoms with van der Waals surface area (Å²) in [6.07, 6.45) is 0.668. The van der Waals surface area contributed by atoms with E-state index in [0.29, 0.717) is 18.5 Å². The molecule has 1 heterocycles. The number of amides is 2. The standard InChI is InChI=1S/C16H15BrN2O2/c1-19-7-6-14(16(19)21)18-15(20)12-3-2-11-9-13(17)5-4-10(11)8-12/h2-5,8-9,14H,6-7H2,1H3,(H,18,20). The number of fused-ring (bicyclic) bond motifs is 1. The van der Waals surface area contributed by atoms with Crippen LogP contribution in [0.15, 0.2) is 40.9 Å². The maximum absolute atomic E-state index is 12.3. The first-order chi connectivity index (χ1) is 10.0. The van der Waals surface area contributed by atoms with E-state index in [9.17, 15) is 9.59 Å². The minimum Gasteiger partial charge on any atom is -0.344 e. The van der Waals surface area contributed by atoms with Crippen LogP contribution in [0, 0.1) is 0 Å². The molecule has 2 amide bonds. The Morgan fingerprint density at radius 3 is 2.67 bits per heavy atom. The third-order valence-corrected chi connectivity index (χ3v) is 4.29. The fraction of sp³-hybridized carbons (Fsp3) is 0.250. The molecule has 1 aliphatic rings. The second-order valence-corrected chi connectivity index (χ2v) is 6.20. The van der Waals surface area contributed by atoms with Crippen molar-refractivity contribution in [2.24, 2.45) is 0 Å². The Kier molecular flexibility index (Phi) is 3.68. The van der Waals surface area contributed by atoms with Gasteiger partial charge in [0, 0.05) is 23.6 Å². The second kappa shape index (κ2) is 5.48. The van der Waals surface area contributed by atoms with Gasteiger partial charge in [0.25, 0.3) is 5.91 Å². The fourth-order valence-electron chi connectivity index (χ4n) is 2.56. The van der Waals surface area contributed by atoms with E-state index in [2.05, 4.69) is 21.2 Å². The van der Waals surface area contributed by atoms with E-state index in [4.69, 9.17) is 0 Å². The lowest BCUT2D eigenvalue weighted by Gasteiger charge is -2.12. The van der Waals surface area contributed by atoms with Gasteiger partial charge in [-0.1, -0.05) is 28.1 Å². The van der Waals surface area contributed by atoms with Gasteiger partial charge in [0.2, 0.25) is 5.91 Å². The lowest BCUT2D eigenvalue weighted by atomic mass is 10.1. The van der Waals surface area contributed by atoms with Crippen LogP contribution < -0.4 is 5.32 Å². The molecule has 2 aromatic carbocycles. The number of likely N-dealkylation sites (tertiary alicyclic amines) is 1. The third kappa shape index (κ3) is 2.78. The maximum atomic E-state index is 12.3. The highest BCUT2D eigenvalue weighted by atomic mass is 79.9. The van der Waals surface area contributed by atoms with E-state index < -0.39 is 6.04 Å². The van der Waals surface area contributed by atoms with E-state index in [1.807, 2.05) is 30.3 Å². The van der Waals surface area contributed by atoms with Crippen molar-refractivity contribution in [3.63, 3.8) is 0 Å². The zero-order chi connectivity index (χ0) is 15.0. The number of hydrogen-bond donors (Lipinski definition) is 1. The Labute approximate surface area is 131 Å². The van der Waals surface area contributed by atoms with Crippen LogP contribution in [0.5, 0.6) is 0 Å². The van der Waals surface area contributed by atoms with Gasteiger partial charge in [-0.15, -0.1) is 0 Å². The summed E-state index contributed by atoms with van der Waals surface area (Å²) in [4.78, 5) is 25.7. The zero-order valence-corrected chi connectivity index (χ0v) is 13.2. The topological polar surface area (TPSA) is 49.4 Å². The highest BCUT2D eigenvalue weighted by molar-refractivity contribution is 9.10. The monoisotopic (exact) mass is 346 g/mol. The van der Waals surface area contributed by atoms with Gasteiger partial charge in [-0.05, 0) is 41.5 Å². The van der Waals surface area contributed by atoms with Crippen LogP contribution in [-0.4, -0.2) is 36.3 Å².